The van der Waals surface area contributed by atoms with E-state index in [4.69, 9.17) is 9.47 Å². The van der Waals surface area contributed by atoms with Gasteiger partial charge in [0.1, 0.15) is 0 Å². The van der Waals surface area contributed by atoms with Crippen LogP contribution in [0.2, 0.25) is 0 Å². The van der Waals surface area contributed by atoms with Gasteiger partial charge >= 0.3 is 0 Å². The highest BCUT2D eigenvalue weighted by Crippen LogP contribution is 2.21. The van der Waals surface area contributed by atoms with Crippen LogP contribution in [0.4, 0.5) is 0 Å². The molecule has 0 aliphatic heterocycles. The molecule has 0 saturated heterocycles. The summed E-state index contributed by atoms with van der Waals surface area (Å²) in [7, 11) is 0. The number of rotatable bonds is 18. The molecule has 0 fully saturated rings. The molecule has 200 valence electrons. The molecule has 0 aromatic heterocycles. The normalized spacial score (nSPS) is 12.7. The number of hydrogen-bond donors (Lipinski definition) is 0. The molecule has 1 aromatic carbocycles. The summed E-state index contributed by atoms with van der Waals surface area (Å²) < 4.78 is 12.8. The Kier molecular flexibility index (Phi) is 17.7. The monoisotopic (exact) mass is 492 g/mol. The first-order valence-corrected chi connectivity index (χ1v) is 13.9. The molecule has 0 atom stereocenters. The second-order valence-electron chi connectivity index (χ2n) is 10.3. The zero-order valence-electron chi connectivity index (χ0n) is 24.2. The number of unbranched alkanes of at least 4 members (excludes halogenated alkanes) is 2. The van der Waals surface area contributed by atoms with Crippen molar-refractivity contribution in [2.45, 2.75) is 106 Å². The Morgan fingerprint density at radius 1 is 0.694 bits per heavy atom. The summed E-state index contributed by atoms with van der Waals surface area (Å²) in [6.07, 6.45) is 19.8. The smallest absolute Gasteiger partial charge is 0.180 e. The number of allylic oxidation sites excluding steroid dienone is 6. The minimum atomic E-state index is -0.342. The molecule has 1 rings (SSSR count). The Morgan fingerprint density at radius 3 is 1.69 bits per heavy atom. The van der Waals surface area contributed by atoms with Crippen LogP contribution in [0, 0.1) is 0 Å². The van der Waals surface area contributed by atoms with Gasteiger partial charge in [0.15, 0.2) is 6.29 Å². The van der Waals surface area contributed by atoms with Crippen molar-refractivity contribution in [1.29, 1.82) is 0 Å². The van der Waals surface area contributed by atoms with Gasteiger partial charge in [0.25, 0.3) is 0 Å². The third-order valence-corrected chi connectivity index (χ3v) is 6.06. The summed E-state index contributed by atoms with van der Waals surface area (Å²) in [4.78, 5) is 0. The second-order valence-corrected chi connectivity index (χ2v) is 10.3. The molecule has 1 aromatic rings. The van der Waals surface area contributed by atoms with Crippen molar-refractivity contribution in [2.24, 2.45) is 0 Å². The van der Waals surface area contributed by atoms with Crippen LogP contribution in [-0.2, 0) is 9.47 Å². The first-order valence-electron chi connectivity index (χ1n) is 13.9. The van der Waals surface area contributed by atoms with Gasteiger partial charge in [-0.05, 0) is 91.2 Å². The van der Waals surface area contributed by atoms with Crippen LogP contribution in [-0.4, -0.2) is 19.5 Å². The minimum Gasteiger partial charge on any atom is -0.345 e. The highest BCUT2D eigenvalue weighted by molar-refractivity contribution is 5.53. The summed E-state index contributed by atoms with van der Waals surface area (Å²) in [5.41, 5.74) is 7.89. The Balaban J connectivity index is 2.96. The molecular weight excluding hydrogens is 440 g/mol. The maximum atomic E-state index is 6.38. The lowest BCUT2D eigenvalue weighted by Crippen LogP contribution is -2.21. The first-order chi connectivity index (χ1) is 17.3. The molecule has 36 heavy (non-hydrogen) atoms. The molecule has 0 saturated carbocycles. The molecule has 0 radical (unpaired) electrons. The van der Waals surface area contributed by atoms with E-state index in [2.05, 4.69) is 109 Å². The van der Waals surface area contributed by atoms with Crippen molar-refractivity contribution in [3.8, 4) is 0 Å². The van der Waals surface area contributed by atoms with Gasteiger partial charge in [0.05, 0.1) is 13.2 Å². The van der Waals surface area contributed by atoms with Crippen LogP contribution in [0.1, 0.15) is 105 Å². The Hall–Kier alpha value is -2.16. The lowest BCUT2D eigenvalue weighted by Gasteiger charge is -2.21. The van der Waals surface area contributed by atoms with Crippen LogP contribution in [0.15, 0.2) is 82.5 Å². The lowest BCUT2D eigenvalue weighted by molar-refractivity contribution is -0.102. The van der Waals surface area contributed by atoms with Crippen LogP contribution in [0.5, 0.6) is 0 Å². The maximum absolute atomic E-state index is 6.38. The van der Waals surface area contributed by atoms with E-state index in [9.17, 15) is 0 Å². The van der Waals surface area contributed by atoms with E-state index < -0.39 is 0 Å². The molecule has 0 aliphatic carbocycles. The zero-order valence-corrected chi connectivity index (χ0v) is 24.2. The third kappa shape index (κ3) is 16.5. The summed E-state index contributed by atoms with van der Waals surface area (Å²) >= 11 is 0. The van der Waals surface area contributed by atoms with Crippen LogP contribution >= 0.6 is 0 Å². The lowest BCUT2D eigenvalue weighted by atomic mass is 10.0. The Bertz CT molecular complexity index is 818. The van der Waals surface area contributed by atoms with Gasteiger partial charge in [-0.15, -0.1) is 0 Å². The van der Waals surface area contributed by atoms with Crippen molar-refractivity contribution in [3.05, 3.63) is 88.1 Å². The second kappa shape index (κ2) is 20.0. The van der Waals surface area contributed by atoms with Crippen molar-refractivity contribution < 1.29 is 9.47 Å². The van der Waals surface area contributed by atoms with Gasteiger partial charge in [-0.25, -0.2) is 0 Å². The van der Waals surface area contributed by atoms with Crippen LogP contribution < -0.4 is 0 Å². The van der Waals surface area contributed by atoms with Gasteiger partial charge in [-0.2, -0.15) is 0 Å². The molecule has 0 unspecified atom stereocenters. The van der Waals surface area contributed by atoms with Gasteiger partial charge < -0.3 is 9.47 Å². The Labute approximate surface area is 222 Å². The molecule has 2 heteroatoms. The first kappa shape index (κ1) is 31.9. The average Bonchev–Trinajstić information content (AvgIpc) is 2.83. The fourth-order valence-corrected chi connectivity index (χ4v) is 3.80. The summed E-state index contributed by atoms with van der Waals surface area (Å²) in [6, 6.07) is 10.5. The fraction of sp³-hybridized carbons (Fsp3) is 0.529. The quantitative estimate of drug-likeness (QED) is 0.115. The molecule has 0 heterocycles. The summed E-state index contributed by atoms with van der Waals surface area (Å²) in [5.74, 6) is 0. The van der Waals surface area contributed by atoms with E-state index in [1.165, 1.54) is 46.3 Å². The largest absolute Gasteiger partial charge is 0.345 e. The van der Waals surface area contributed by atoms with Gasteiger partial charge in [0, 0.05) is 0 Å². The van der Waals surface area contributed by atoms with E-state index in [0.29, 0.717) is 13.2 Å². The molecular formula is C34H52O2. The fourth-order valence-electron chi connectivity index (χ4n) is 3.80. The predicted molar refractivity (Wildman–Crippen MR) is 159 cm³/mol. The topological polar surface area (TPSA) is 18.5 Å². The van der Waals surface area contributed by atoms with E-state index in [1.807, 2.05) is 0 Å². The molecule has 0 spiro atoms. The summed E-state index contributed by atoms with van der Waals surface area (Å²) in [5, 5.41) is 0. The molecule has 0 amide bonds. The van der Waals surface area contributed by atoms with E-state index >= 15 is 0 Å². The zero-order chi connectivity index (χ0) is 26.6. The van der Waals surface area contributed by atoms with Gasteiger partial charge in [0.2, 0.25) is 0 Å². The minimum absolute atomic E-state index is 0.342. The highest BCUT2D eigenvalue weighted by atomic mass is 16.7. The van der Waals surface area contributed by atoms with Crippen molar-refractivity contribution in [3.63, 3.8) is 0 Å². The Morgan fingerprint density at radius 2 is 1.22 bits per heavy atom. The third-order valence-electron chi connectivity index (χ3n) is 6.06. The SMILES string of the molecule is CCCCC/C(=C\c1ccccc1)C(OC/C=C(\C)CCC=C(C)C)OC/C=C(\C)CCC=C(C)C. The molecule has 2 nitrogen and oxygen atoms in total. The van der Waals surface area contributed by atoms with E-state index in [0.717, 1.165) is 38.5 Å². The number of ether oxygens (including phenoxy) is 2. The van der Waals surface area contributed by atoms with E-state index in [-0.39, 0.29) is 6.29 Å². The van der Waals surface area contributed by atoms with Crippen molar-refractivity contribution >= 4 is 6.08 Å². The standard InChI is InChI=1S/C34H52O2/c1-8-9-11-22-33(27-32-20-12-10-13-21-32)34(35-25-23-30(6)18-14-16-28(2)3)36-26-24-31(7)19-15-17-29(4)5/h10,12-13,16-17,20-21,23-24,27,34H,8-9,11,14-15,18-19,22,25-26H2,1-7H3/b30-23+,31-24+,33-27+. The van der Waals surface area contributed by atoms with Crippen molar-refractivity contribution in [1.82, 2.24) is 0 Å². The number of hydrogen-bond acceptors (Lipinski definition) is 2. The van der Waals surface area contributed by atoms with Gasteiger partial charge in [-0.3, -0.25) is 0 Å². The predicted octanol–water partition coefficient (Wildman–Crippen LogP) is 10.4. The van der Waals surface area contributed by atoms with Crippen molar-refractivity contribution in [2.75, 3.05) is 13.2 Å². The molecule has 0 N–H and O–H groups in total. The van der Waals surface area contributed by atoms with Crippen LogP contribution in [0.25, 0.3) is 6.08 Å². The number of benzene rings is 1. The highest BCUT2D eigenvalue weighted by Gasteiger charge is 2.15. The maximum Gasteiger partial charge on any atom is 0.180 e. The molecule has 0 bridgehead atoms. The van der Waals surface area contributed by atoms with E-state index in [1.54, 1.807) is 0 Å². The summed E-state index contributed by atoms with van der Waals surface area (Å²) in [6.45, 7) is 16.4. The van der Waals surface area contributed by atoms with Crippen LogP contribution in [0.3, 0.4) is 0 Å². The average molecular weight is 493 g/mol. The molecule has 0 aliphatic rings. The van der Waals surface area contributed by atoms with Gasteiger partial charge in [-0.1, -0.05) is 103 Å².